The average molecular weight is 384 g/mol. The molecule has 0 radical (unpaired) electrons. The van der Waals surface area contributed by atoms with E-state index in [0.717, 1.165) is 11.1 Å². The van der Waals surface area contributed by atoms with Gasteiger partial charge in [0.2, 0.25) is 0 Å². The number of alkyl carbamates (subject to hydrolysis) is 1. The van der Waals surface area contributed by atoms with E-state index in [2.05, 4.69) is 21.2 Å². The van der Waals surface area contributed by atoms with Gasteiger partial charge in [-0.25, -0.2) is 4.79 Å². The minimum absolute atomic E-state index is 0.0342. The van der Waals surface area contributed by atoms with Gasteiger partial charge in [0.05, 0.1) is 6.54 Å². The third-order valence-electron chi connectivity index (χ3n) is 3.19. The zero-order valence-electron chi connectivity index (χ0n) is 12.5. The lowest BCUT2D eigenvalue weighted by molar-refractivity contribution is -0.00449. The average Bonchev–Trinajstić information content (AvgIpc) is 2.51. The van der Waals surface area contributed by atoms with Crippen molar-refractivity contribution < 1.29 is 18.3 Å². The second kappa shape index (κ2) is 7.55. The fraction of sp³-hybridized carbons (Fsp3) is 0.235. The van der Waals surface area contributed by atoms with Gasteiger partial charge in [-0.2, -0.15) is 8.78 Å². The molecule has 0 aliphatic heterocycles. The second-order valence-electron chi connectivity index (χ2n) is 5.10. The Kier molecular flexibility index (Phi) is 5.71. The third-order valence-corrected chi connectivity index (χ3v) is 3.84. The number of ether oxygens (including phenoxy) is 1. The van der Waals surface area contributed by atoms with Gasteiger partial charge in [-0.3, -0.25) is 0 Å². The van der Waals surface area contributed by atoms with Gasteiger partial charge in [0.25, 0.3) is 5.92 Å². The number of amides is 1. The standard InChI is InChI=1S/C17H16BrF2NO2/c1-12-7-8-14(15(18)9-12)17(19,20)11-21-16(22)23-10-13-5-3-2-4-6-13/h2-9H,10-11H2,1H3,(H,21,22). The van der Waals surface area contributed by atoms with E-state index >= 15 is 0 Å². The van der Waals surface area contributed by atoms with Crippen molar-refractivity contribution in [2.24, 2.45) is 0 Å². The summed E-state index contributed by atoms with van der Waals surface area (Å²) in [5.74, 6) is -3.20. The van der Waals surface area contributed by atoms with E-state index in [4.69, 9.17) is 4.74 Å². The molecule has 0 bridgehead atoms. The summed E-state index contributed by atoms with van der Waals surface area (Å²) in [5, 5.41) is 2.10. The smallest absolute Gasteiger partial charge is 0.407 e. The molecule has 122 valence electrons. The number of hydrogen-bond donors (Lipinski definition) is 1. The zero-order valence-corrected chi connectivity index (χ0v) is 14.1. The number of halogens is 3. The number of hydrogen-bond acceptors (Lipinski definition) is 2. The molecule has 6 heteroatoms. The zero-order chi connectivity index (χ0) is 16.9. The summed E-state index contributed by atoms with van der Waals surface area (Å²) < 4.78 is 33.6. The molecule has 0 spiro atoms. The molecule has 23 heavy (non-hydrogen) atoms. The van der Waals surface area contributed by atoms with Crippen molar-refractivity contribution in [1.29, 1.82) is 0 Å². The van der Waals surface area contributed by atoms with Crippen molar-refractivity contribution >= 4 is 22.0 Å². The Morgan fingerprint density at radius 3 is 2.57 bits per heavy atom. The van der Waals surface area contributed by atoms with Gasteiger partial charge in [-0.05, 0) is 24.1 Å². The largest absolute Gasteiger partial charge is 0.445 e. The lowest BCUT2D eigenvalue weighted by Crippen LogP contribution is -2.35. The summed E-state index contributed by atoms with van der Waals surface area (Å²) in [7, 11) is 0. The highest BCUT2D eigenvalue weighted by Crippen LogP contribution is 2.33. The third kappa shape index (κ3) is 5.03. The molecule has 2 aromatic rings. The molecule has 0 heterocycles. The quantitative estimate of drug-likeness (QED) is 0.806. The van der Waals surface area contributed by atoms with Crippen LogP contribution in [-0.2, 0) is 17.3 Å². The number of benzene rings is 2. The Balaban J connectivity index is 1.89. The fourth-order valence-electron chi connectivity index (χ4n) is 1.97. The van der Waals surface area contributed by atoms with Crippen molar-refractivity contribution in [3.63, 3.8) is 0 Å². The molecule has 1 N–H and O–H groups in total. The summed E-state index contributed by atoms with van der Waals surface area (Å²) in [6.45, 7) is 1.01. The minimum atomic E-state index is -3.20. The summed E-state index contributed by atoms with van der Waals surface area (Å²) >= 11 is 3.13. The van der Waals surface area contributed by atoms with Crippen molar-refractivity contribution in [3.05, 3.63) is 69.7 Å². The molecule has 2 aromatic carbocycles. The topological polar surface area (TPSA) is 38.3 Å². The van der Waals surface area contributed by atoms with Crippen molar-refractivity contribution in [2.45, 2.75) is 19.5 Å². The van der Waals surface area contributed by atoms with Gasteiger partial charge >= 0.3 is 6.09 Å². The minimum Gasteiger partial charge on any atom is -0.445 e. The molecule has 0 aliphatic carbocycles. The van der Waals surface area contributed by atoms with Crippen LogP contribution < -0.4 is 5.32 Å². The summed E-state index contributed by atoms with van der Waals surface area (Å²) in [6, 6.07) is 13.6. The molecular formula is C17H16BrF2NO2. The van der Waals surface area contributed by atoms with E-state index in [1.165, 1.54) is 6.07 Å². The van der Waals surface area contributed by atoms with E-state index in [1.54, 1.807) is 36.4 Å². The molecule has 0 atom stereocenters. The molecule has 0 saturated carbocycles. The molecule has 3 nitrogen and oxygen atoms in total. The lowest BCUT2D eigenvalue weighted by atomic mass is 10.1. The van der Waals surface area contributed by atoms with Gasteiger partial charge in [-0.1, -0.05) is 58.4 Å². The van der Waals surface area contributed by atoms with E-state index in [-0.39, 0.29) is 12.2 Å². The highest BCUT2D eigenvalue weighted by atomic mass is 79.9. The molecule has 0 saturated heterocycles. The van der Waals surface area contributed by atoms with Crippen molar-refractivity contribution in [3.8, 4) is 0 Å². The molecule has 2 rings (SSSR count). The van der Waals surface area contributed by atoms with Crippen LogP contribution in [0.3, 0.4) is 0 Å². The Morgan fingerprint density at radius 2 is 1.91 bits per heavy atom. The number of alkyl halides is 2. The first-order valence-electron chi connectivity index (χ1n) is 6.97. The molecule has 1 amide bonds. The SMILES string of the molecule is Cc1ccc(C(F)(F)CNC(=O)OCc2ccccc2)c(Br)c1. The number of aryl methyl sites for hydroxylation is 1. The van der Waals surface area contributed by atoms with Crippen LogP contribution in [0.5, 0.6) is 0 Å². The van der Waals surface area contributed by atoms with Gasteiger partial charge in [-0.15, -0.1) is 0 Å². The Morgan fingerprint density at radius 1 is 1.22 bits per heavy atom. The number of carbonyl (C=O) groups excluding carboxylic acids is 1. The first-order valence-corrected chi connectivity index (χ1v) is 7.77. The molecular weight excluding hydrogens is 368 g/mol. The Hall–Kier alpha value is -1.95. The summed E-state index contributed by atoms with van der Waals surface area (Å²) in [4.78, 5) is 11.6. The van der Waals surface area contributed by atoms with Crippen LogP contribution in [0.1, 0.15) is 16.7 Å². The number of rotatable bonds is 5. The first kappa shape index (κ1) is 17.4. The Labute approximate surface area is 141 Å². The van der Waals surface area contributed by atoms with Crippen LogP contribution in [-0.4, -0.2) is 12.6 Å². The van der Waals surface area contributed by atoms with E-state index in [0.29, 0.717) is 4.47 Å². The molecule has 0 fully saturated rings. The van der Waals surface area contributed by atoms with Crippen molar-refractivity contribution in [1.82, 2.24) is 5.32 Å². The van der Waals surface area contributed by atoms with Gasteiger partial charge in [0, 0.05) is 10.0 Å². The van der Waals surface area contributed by atoms with Gasteiger partial charge in [0.15, 0.2) is 0 Å². The van der Waals surface area contributed by atoms with Crippen LogP contribution in [0.4, 0.5) is 13.6 Å². The van der Waals surface area contributed by atoms with Crippen LogP contribution in [0.15, 0.2) is 53.0 Å². The monoisotopic (exact) mass is 383 g/mol. The van der Waals surface area contributed by atoms with Crippen LogP contribution in [0, 0.1) is 6.92 Å². The number of carbonyl (C=O) groups is 1. The molecule has 0 aliphatic rings. The predicted octanol–water partition coefficient (Wildman–Crippen LogP) is 4.78. The van der Waals surface area contributed by atoms with Crippen LogP contribution >= 0.6 is 15.9 Å². The molecule has 0 unspecified atom stereocenters. The Bertz CT molecular complexity index is 678. The maximum absolute atomic E-state index is 14.2. The number of nitrogens with one attached hydrogen (secondary N) is 1. The highest BCUT2D eigenvalue weighted by molar-refractivity contribution is 9.10. The maximum atomic E-state index is 14.2. The second-order valence-corrected chi connectivity index (χ2v) is 5.96. The maximum Gasteiger partial charge on any atom is 0.407 e. The highest BCUT2D eigenvalue weighted by Gasteiger charge is 2.34. The van der Waals surface area contributed by atoms with E-state index in [9.17, 15) is 13.6 Å². The predicted molar refractivity (Wildman–Crippen MR) is 87.4 cm³/mol. The first-order chi connectivity index (χ1) is 10.9. The van der Waals surface area contributed by atoms with Crippen LogP contribution in [0.2, 0.25) is 0 Å². The summed E-state index contributed by atoms with van der Waals surface area (Å²) in [6.07, 6.45) is -0.878. The lowest BCUT2D eigenvalue weighted by Gasteiger charge is -2.19. The van der Waals surface area contributed by atoms with Gasteiger partial charge < -0.3 is 10.1 Å². The van der Waals surface area contributed by atoms with Crippen molar-refractivity contribution in [2.75, 3.05) is 6.54 Å². The normalized spacial score (nSPS) is 11.1. The van der Waals surface area contributed by atoms with E-state index in [1.807, 2.05) is 13.0 Å². The van der Waals surface area contributed by atoms with E-state index < -0.39 is 18.6 Å². The summed E-state index contributed by atoms with van der Waals surface area (Å²) in [5.41, 5.74) is 1.48. The fourth-order valence-corrected chi connectivity index (χ4v) is 2.75. The van der Waals surface area contributed by atoms with Gasteiger partial charge in [0.1, 0.15) is 6.61 Å². The molecule has 0 aromatic heterocycles. The van der Waals surface area contributed by atoms with Crippen LogP contribution in [0.25, 0.3) is 0 Å².